The van der Waals surface area contributed by atoms with Crippen LogP contribution < -0.4 is 5.32 Å². The molecule has 0 aromatic carbocycles. The van der Waals surface area contributed by atoms with Crippen LogP contribution in [0, 0.1) is 0 Å². The second kappa shape index (κ2) is 5.56. The number of hydrogen-bond donors (Lipinski definition) is 1. The van der Waals surface area contributed by atoms with Crippen molar-refractivity contribution in [3.63, 3.8) is 0 Å². The average Bonchev–Trinajstić information content (AvgIpc) is 3.16. The minimum atomic E-state index is 0.687. The summed E-state index contributed by atoms with van der Waals surface area (Å²) in [7, 11) is 0. The van der Waals surface area contributed by atoms with Crippen LogP contribution in [0.1, 0.15) is 12.7 Å². The third kappa shape index (κ3) is 2.54. The summed E-state index contributed by atoms with van der Waals surface area (Å²) >= 11 is 0. The first-order chi connectivity index (χ1) is 9.86. The van der Waals surface area contributed by atoms with Gasteiger partial charge in [0.1, 0.15) is 18.0 Å². The van der Waals surface area contributed by atoms with E-state index in [0.717, 1.165) is 23.9 Å². The predicted molar refractivity (Wildman–Crippen MR) is 76.6 cm³/mol. The monoisotopic (exact) mass is 268 g/mol. The van der Waals surface area contributed by atoms with Gasteiger partial charge in [0, 0.05) is 31.3 Å². The molecule has 20 heavy (non-hydrogen) atoms. The minimum Gasteiger partial charge on any atom is -0.377 e. The molecule has 3 heterocycles. The first-order valence-corrected chi connectivity index (χ1v) is 6.55. The predicted octanol–water partition coefficient (Wildman–Crippen LogP) is 2.10. The molecule has 102 valence electrons. The Bertz CT molecular complexity index is 653. The van der Waals surface area contributed by atoms with Crippen LogP contribution in [0.3, 0.4) is 0 Å². The molecule has 3 rings (SSSR count). The fraction of sp³-hybridized carbons (Fsp3) is 0.214. The number of imidazole rings is 2. The molecular formula is C14H16N6. The van der Waals surface area contributed by atoms with Crippen molar-refractivity contribution in [2.45, 2.75) is 20.0 Å². The summed E-state index contributed by atoms with van der Waals surface area (Å²) in [6.45, 7) is 3.72. The fourth-order valence-electron chi connectivity index (χ4n) is 2.01. The molecule has 1 N–H and O–H groups in total. The van der Waals surface area contributed by atoms with Gasteiger partial charge in [0.15, 0.2) is 0 Å². The van der Waals surface area contributed by atoms with E-state index in [-0.39, 0.29) is 0 Å². The first kappa shape index (κ1) is 12.4. The molecule has 0 aliphatic heterocycles. The Morgan fingerprint density at radius 1 is 1.15 bits per heavy atom. The van der Waals surface area contributed by atoms with Crippen molar-refractivity contribution in [1.29, 1.82) is 0 Å². The molecule has 0 fully saturated rings. The second-order valence-electron chi connectivity index (χ2n) is 4.36. The fourth-order valence-corrected chi connectivity index (χ4v) is 2.01. The van der Waals surface area contributed by atoms with Crippen LogP contribution in [0.4, 0.5) is 5.69 Å². The van der Waals surface area contributed by atoms with Gasteiger partial charge in [0.05, 0.1) is 18.4 Å². The Kier molecular flexibility index (Phi) is 3.45. The largest absolute Gasteiger partial charge is 0.377 e. The van der Waals surface area contributed by atoms with Crippen molar-refractivity contribution in [3.8, 4) is 5.82 Å². The molecule has 0 saturated heterocycles. The molecule has 0 bridgehead atoms. The number of aryl methyl sites for hydroxylation is 1. The summed E-state index contributed by atoms with van der Waals surface area (Å²) in [5.74, 6) is 1.87. The molecule has 0 radical (unpaired) electrons. The Balaban J connectivity index is 1.67. The summed E-state index contributed by atoms with van der Waals surface area (Å²) in [5.41, 5.74) is 0.972. The first-order valence-electron chi connectivity index (χ1n) is 6.55. The van der Waals surface area contributed by atoms with E-state index in [1.54, 1.807) is 12.5 Å². The van der Waals surface area contributed by atoms with E-state index in [1.807, 2.05) is 41.5 Å². The van der Waals surface area contributed by atoms with Crippen LogP contribution in [0.25, 0.3) is 5.82 Å². The lowest BCUT2D eigenvalue weighted by Crippen LogP contribution is -2.07. The molecule has 0 amide bonds. The van der Waals surface area contributed by atoms with E-state index in [0.29, 0.717) is 6.54 Å². The maximum Gasteiger partial charge on any atom is 0.137 e. The Morgan fingerprint density at radius 2 is 2.10 bits per heavy atom. The number of hydrogen-bond acceptors (Lipinski definition) is 4. The van der Waals surface area contributed by atoms with E-state index >= 15 is 0 Å². The van der Waals surface area contributed by atoms with E-state index in [2.05, 4.69) is 31.8 Å². The Hall–Kier alpha value is -2.63. The van der Waals surface area contributed by atoms with E-state index < -0.39 is 0 Å². The highest BCUT2D eigenvalue weighted by Gasteiger charge is 2.02. The van der Waals surface area contributed by atoms with Crippen molar-refractivity contribution in [1.82, 2.24) is 24.1 Å². The van der Waals surface area contributed by atoms with Gasteiger partial charge in [-0.15, -0.1) is 0 Å². The third-order valence-electron chi connectivity index (χ3n) is 3.11. The smallest absolute Gasteiger partial charge is 0.137 e. The van der Waals surface area contributed by atoms with Crippen LogP contribution in [0.15, 0.2) is 49.4 Å². The number of aromatic nitrogens is 5. The number of nitrogens with one attached hydrogen (secondary N) is 1. The van der Waals surface area contributed by atoms with E-state index in [9.17, 15) is 0 Å². The summed E-state index contributed by atoms with van der Waals surface area (Å²) in [4.78, 5) is 12.7. The standard InChI is InChI=1S/C14H16N6/c1-2-19-8-6-16-14(19)10-17-12-3-4-13(18-9-12)20-7-5-15-11-20/h3-9,11,17H,2,10H2,1H3. The van der Waals surface area contributed by atoms with Crippen LogP contribution in [0.2, 0.25) is 0 Å². The number of rotatable bonds is 5. The Labute approximate surface area is 117 Å². The van der Waals surface area contributed by atoms with Gasteiger partial charge < -0.3 is 9.88 Å². The summed E-state index contributed by atoms with van der Waals surface area (Å²) in [6.07, 6.45) is 11.0. The van der Waals surface area contributed by atoms with E-state index in [4.69, 9.17) is 0 Å². The number of nitrogens with zero attached hydrogens (tertiary/aromatic N) is 5. The van der Waals surface area contributed by atoms with Gasteiger partial charge in [0.2, 0.25) is 0 Å². The topological polar surface area (TPSA) is 60.6 Å². The highest BCUT2D eigenvalue weighted by atomic mass is 15.1. The van der Waals surface area contributed by atoms with Gasteiger partial charge in [-0.1, -0.05) is 0 Å². The average molecular weight is 268 g/mol. The van der Waals surface area contributed by atoms with Crippen molar-refractivity contribution in [2.75, 3.05) is 5.32 Å². The lowest BCUT2D eigenvalue weighted by atomic mass is 10.4. The quantitative estimate of drug-likeness (QED) is 0.769. The molecule has 0 atom stereocenters. The van der Waals surface area contributed by atoms with Crippen LogP contribution in [-0.2, 0) is 13.1 Å². The molecule has 0 aliphatic rings. The molecule has 0 aliphatic carbocycles. The SMILES string of the molecule is CCn1ccnc1CNc1ccc(-n2ccnc2)nc1. The molecule has 0 spiro atoms. The lowest BCUT2D eigenvalue weighted by molar-refractivity contribution is 0.708. The van der Waals surface area contributed by atoms with Crippen LogP contribution >= 0.6 is 0 Å². The summed E-state index contributed by atoms with van der Waals surface area (Å²) in [5, 5.41) is 3.32. The maximum absolute atomic E-state index is 4.40. The number of anilines is 1. The Morgan fingerprint density at radius 3 is 2.80 bits per heavy atom. The maximum atomic E-state index is 4.40. The zero-order chi connectivity index (χ0) is 13.8. The molecule has 0 saturated carbocycles. The zero-order valence-electron chi connectivity index (χ0n) is 11.3. The van der Waals surface area contributed by atoms with Gasteiger partial charge in [-0.3, -0.25) is 4.57 Å². The van der Waals surface area contributed by atoms with Crippen molar-refractivity contribution < 1.29 is 0 Å². The van der Waals surface area contributed by atoms with E-state index in [1.165, 1.54) is 0 Å². The van der Waals surface area contributed by atoms with Crippen LogP contribution in [0.5, 0.6) is 0 Å². The van der Waals surface area contributed by atoms with Gasteiger partial charge in [-0.05, 0) is 19.1 Å². The van der Waals surface area contributed by atoms with Crippen molar-refractivity contribution >= 4 is 5.69 Å². The third-order valence-corrected chi connectivity index (χ3v) is 3.11. The molecule has 6 nitrogen and oxygen atoms in total. The van der Waals surface area contributed by atoms with Crippen molar-refractivity contribution in [2.24, 2.45) is 0 Å². The number of pyridine rings is 1. The van der Waals surface area contributed by atoms with Crippen molar-refractivity contribution in [3.05, 3.63) is 55.3 Å². The van der Waals surface area contributed by atoms with Gasteiger partial charge in [-0.2, -0.15) is 0 Å². The zero-order valence-corrected chi connectivity index (χ0v) is 11.3. The summed E-state index contributed by atoms with van der Waals surface area (Å²) in [6, 6.07) is 3.96. The second-order valence-corrected chi connectivity index (χ2v) is 4.36. The molecule has 6 heteroatoms. The van der Waals surface area contributed by atoms with Gasteiger partial charge in [0.25, 0.3) is 0 Å². The highest BCUT2D eigenvalue weighted by molar-refractivity contribution is 5.43. The molecular weight excluding hydrogens is 252 g/mol. The highest BCUT2D eigenvalue weighted by Crippen LogP contribution is 2.10. The molecule has 0 unspecified atom stereocenters. The normalized spacial score (nSPS) is 10.7. The molecule has 3 aromatic rings. The van der Waals surface area contributed by atoms with Gasteiger partial charge >= 0.3 is 0 Å². The molecule has 3 aromatic heterocycles. The summed E-state index contributed by atoms with van der Waals surface area (Å²) < 4.78 is 3.98. The van der Waals surface area contributed by atoms with Crippen LogP contribution in [-0.4, -0.2) is 24.1 Å². The van der Waals surface area contributed by atoms with Gasteiger partial charge in [-0.25, -0.2) is 15.0 Å². The lowest BCUT2D eigenvalue weighted by Gasteiger charge is -2.08. The minimum absolute atomic E-state index is 0.687.